The van der Waals surface area contributed by atoms with Gasteiger partial charge in [-0.1, -0.05) is 13.8 Å². The molecule has 2 N–H and O–H groups in total. The molecule has 1 unspecified atom stereocenters. The van der Waals surface area contributed by atoms with Crippen molar-refractivity contribution in [1.82, 2.24) is 5.32 Å². The molecule has 1 atom stereocenters. The average molecular weight is 257 g/mol. The lowest BCUT2D eigenvalue weighted by atomic mass is 10.0. The van der Waals surface area contributed by atoms with Gasteiger partial charge in [-0.2, -0.15) is 11.8 Å². The van der Waals surface area contributed by atoms with Crippen molar-refractivity contribution in [2.75, 3.05) is 12.9 Å². The molecule has 17 heavy (non-hydrogen) atoms. The third-order valence-corrected chi connectivity index (χ3v) is 3.36. The molecule has 0 amide bonds. The van der Waals surface area contributed by atoms with Crippen LogP contribution in [0.1, 0.15) is 31.8 Å². The van der Waals surface area contributed by atoms with Gasteiger partial charge in [0.1, 0.15) is 11.5 Å². The molecule has 0 aliphatic heterocycles. The lowest BCUT2D eigenvalue weighted by molar-refractivity contribution is 0.241. The van der Waals surface area contributed by atoms with Crippen molar-refractivity contribution in [3.63, 3.8) is 0 Å². The van der Waals surface area contributed by atoms with Crippen LogP contribution in [0.25, 0.3) is 0 Å². The zero-order valence-electron chi connectivity index (χ0n) is 10.9. The first kappa shape index (κ1) is 14.6. The quantitative estimate of drug-likeness (QED) is 0.751. The van der Waals surface area contributed by atoms with E-state index in [2.05, 4.69) is 25.4 Å². The molecular weight excluding hydrogens is 234 g/mol. The van der Waals surface area contributed by atoms with Gasteiger partial charge in [0, 0.05) is 12.6 Å². The van der Waals surface area contributed by atoms with Gasteiger partial charge in [-0.25, -0.2) is 0 Å². The maximum absolute atomic E-state index is 8.99. The number of hydrogen-bond acceptors (Lipinski definition) is 4. The fourth-order valence-corrected chi connectivity index (χ4v) is 2.22. The van der Waals surface area contributed by atoms with E-state index in [-0.39, 0.29) is 6.61 Å². The Morgan fingerprint density at radius 2 is 2.06 bits per heavy atom. The number of nitrogens with one attached hydrogen (secondary N) is 1. The summed E-state index contributed by atoms with van der Waals surface area (Å²) in [6, 6.07) is 4.40. The van der Waals surface area contributed by atoms with Crippen LogP contribution in [0.2, 0.25) is 0 Å². The maximum Gasteiger partial charge on any atom is 0.118 e. The van der Waals surface area contributed by atoms with Gasteiger partial charge in [-0.3, -0.25) is 0 Å². The minimum absolute atomic E-state index is 0.228. The van der Waals surface area contributed by atoms with Gasteiger partial charge in [0.05, 0.1) is 12.3 Å². The van der Waals surface area contributed by atoms with Crippen LogP contribution < -0.4 is 5.32 Å². The summed E-state index contributed by atoms with van der Waals surface area (Å²) in [5.74, 6) is 3.43. The van der Waals surface area contributed by atoms with Crippen LogP contribution in [-0.2, 0) is 12.3 Å². The highest BCUT2D eigenvalue weighted by Gasteiger charge is 2.12. The van der Waals surface area contributed by atoms with E-state index < -0.39 is 0 Å². The predicted octanol–water partition coefficient (Wildman–Crippen LogP) is 2.64. The van der Waals surface area contributed by atoms with Crippen LogP contribution >= 0.6 is 11.8 Å². The third kappa shape index (κ3) is 5.15. The molecule has 0 radical (unpaired) electrons. The molecule has 4 heteroatoms. The van der Waals surface area contributed by atoms with Crippen LogP contribution in [0.5, 0.6) is 0 Å². The van der Waals surface area contributed by atoms with Gasteiger partial charge in [0.15, 0.2) is 0 Å². The maximum atomic E-state index is 8.99. The summed E-state index contributed by atoms with van der Waals surface area (Å²) in [6.07, 6.45) is 2.85. The second-order valence-corrected chi connectivity index (χ2v) is 5.41. The monoisotopic (exact) mass is 257 g/mol. The Balaban J connectivity index is 2.41. The van der Waals surface area contributed by atoms with E-state index >= 15 is 0 Å². The van der Waals surface area contributed by atoms with Gasteiger partial charge in [0.25, 0.3) is 0 Å². The smallest absolute Gasteiger partial charge is 0.118 e. The summed E-state index contributed by atoms with van der Waals surface area (Å²) in [7, 11) is 0. The number of rotatable bonds is 8. The number of furan rings is 1. The fraction of sp³-hybridized carbons (Fsp3) is 0.692. The molecular formula is C13H23NO2S. The van der Waals surface area contributed by atoms with Gasteiger partial charge < -0.3 is 14.8 Å². The predicted molar refractivity (Wildman–Crippen MR) is 73.1 cm³/mol. The van der Waals surface area contributed by atoms with Crippen LogP contribution in [0, 0.1) is 5.92 Å². The topological polar surface area (TPSA) is 45.4 Å². The van der Waals surface area contributed by atoms with Gasteiger partial charge in [-0.15, -0.1) is 0 Å². The Kier molecular flexibility index (Phi) is 6.70. The number of thioether (sulfide) groups is 1. The minimum Gasteiger partial charge on any atom is -0.464 e. The number of hydrogen-bond donors (Lipinski definition) is 2. The van der Waals surface area contributed by atoms with Crippen LogP contribution in [0.4, 0.5) is 0 Å². The number of aliphatic hydroxyl groups excluding tert-OH is 1. The van der Waals surface area contributed by atoms with Crippen molar-refractivity contribution < 1.29 is 9.52 Å². The van der Waals surface area contributed by atoms with Crippen LogP contribution in [-0.4, -0.2) is 24.0 Å². The van der Waals surface area contributed by atoms with E-state index in [0.29, 0.717) is 12.0 Å². The van der Waals surface area contributed by atoms with Crippen LogP contribution in [0.3, 0.4) is 0 Å². The van der Waals surface area contributed by atoms with Crippen molar-refractivity contribution in [3.05, 3.63) is 23.7 Å². The molecule has 0 bridgehead atoms. The average Bonchev–Trinajstić information content (AvgIpc) is 2.72. The molecule has 0 aromatic carbocycles. The Hall–Kier alpha value is -0.450. The van der Waals surface area contributed by atoms with Gasteiger partial charge >= 0.3 is 0 Å². The van der Waals surface area contributed by atoms with E-state index in [1.807, 2.05) is 12.1 Å². The molecule has 98 valence electrons. The lowest BCUT2D eigenvalue weighted by Crippen LogP contribution is -2.34. The van der Waals surface area contributed by atoms with Gasteiger partial charge in [-0.05, 0) is 30.7 Å². The molecule has 0 fully saturated rings. The zero-order valence-corrected chi connectivity index (χ0v) is 11.7. The van der Waals surface area contributed by atoms with Crippen LogP contribution in [0.15, 0.2) is 16.5 Å². The molecule has 1 aromatic heterocycles. The Morgan fingerprint density at radius 1 is 1.35 bits per heavy atom. The third-order valence-electron chi connectivity index (χ3n) is 2.79. The Labute approximate surface area is 108 Å². The van der Waals surface area contributed by atoms with E-state index in [0.717, 1.165) is 30.2 Å². The second kappa shape index (κ2) is 7.80. The van der Waals surface area contributed by atoms with Crippen molar-refractivity contribution in [1.29, 1.82) is 0 Å². The molecule has 0 aliphatic rings. The Morgan fingerprint density at radius 3 is 2.65 bits per heavy atom. The van der Waals surface area contributed by atoms with Crippen molar-refractivity contribution >= 4 is 11.8 Å². The zero-order chi connectivity index (χ0) is 12.7. The highest BCUT2D eigenvalue weighted by Crippen LogP contribution is 2.14. The van der Waals surface area contributed by atoms with E-state index in [1.54, 1.807) is 11.8 Å². The molecule has 0 spiro atoms. The van der Waals surface area contributed by atoms with E-state index in [9.17, 15) is 0 Å². The highest BCUT2D eigenvalue weighted by atomic mass is 32.2. The van der Waals surface area contributed by atoms with Crippen molar-refractivity contribution in [2.45, 2.75) is 38.6 Å². The first-order valence-electron chi connectivity index (χ1n) is 6.08. The van der Waals surface area contributed by atoms with E-state index in [4.69, 9.17) is 9.52 Å². The van der Waals surface area contributed by atoms with E-state index in [1.165, 1.54) is 0 Å². The van der Waals surface area contributed by atoms with Gasteiger partial charge in [0.2, 0.25) is 0 Å². The molecule has 1 rings (SSSR count). The summed E-state index contributed by atoms with van der Waals surface area (Å²) in [4.78, 5) is 0. The second-order valence-electron chi connectivity index (χ2n) is 4.54. The largest absolute Gasteiger partial charge is 0.464 e. The molecule has 1 aromatic rings. The summed E-state index contributed by atoms with van der Waals surface area (Å²) in [6.45, 7) is 5.28. The first-order chi connectivity index (χ1) is 8.17. The van der Waals surface area contributed by atoms with Crippen molar-refractivity contribution in [2.24, 2.45) is 5.92 Å². The normalized spacial score (nSPS) is 13.2. The standard InChI is InChI=1S/C13H23NO2S/c1-10(2)13(6-7-15)14-8-11-4-5-12(16-11)9-17-3/h4-5,10,13-15H,6-9H2,1-3H3. The molecule has 0 saturated carbocycles. The lowest BCUT2D eigenvalue weighted by Gasteiger charge is -2.20. The summed E-state index contributed by atoms with van der Waals surface area (Å²) in [5, 5.41) is 12.4. The summed E-state index contributed by atoms with van der Waals surface area (Å²) < 4.78 is 5.69. The SMILES string of the molecule is CSCc1ccc(CNC(CCO)C(C)C)o1. The minimum atomic E-state index is 0.228. The molecule has 1 heterocycles. The molecule has 0 aliphatic carbocycles. The molecule has 0 saturated heterocycles. The Bertz CT molecular complexity index is 312. The van der Waals surface area contributed by atoms with Crippen molar-refractivity contribution in [3.8, 4) is 0 Å². The fourth-order valence-electron chi connectivity index (χ4n) is 1.78. The highest BCUT2D eigenvalue weighted by molar-refractivity contribution is 7.97. The molecule has 3 nitrogen and oxygen atoms in total. The summed E-state index contributed by atoms with van der Waals surface area (Å²) >= 11 is 1.76. The first-order valence-corrected chi connectivity index (χ1v) is 7.47. The summed E-state index contributed by atoms with van der Waals surface area (Å²) in [5.41, 5.74) is 0. The number of aliphatic hydroxyl groups is 1.